The lowest BCUT2D eigenvalue weighted by Gasteiger charge is -2.04. The summed E-state index contributed by atoms with van der Waals surface area (Å²) in [6.45, 7) is 3.59. The number of carbonyl (C=O) groups excluding carboxylic acids is 1. The number of rotatable bonds is 6. The summed E-state index contributed by atoms with van der Waals surface area (Å²) < 4.78 is 17.9. The third kappa shape index (κ3) is 3.19. The van der Waals surface area contributed by atoms with Gasteiger partial charge in [-0.3, -0.25) is 4.79 Å². The molecule has 0 aliphatic rings. The van der Waals surface area contributed by atoms with Gasteiger partial charge in [-0.2, -0.15) is 0 Å². The molecule has 0 spiro atoms. The van der Waals surface area contributed by atoms with Crippen LogP contribution in [0.1, 0.15) is 29.6 Å². The fourth-order valence-electron chi connectivity index (χ4n) is 1.38. The van der Waals surface area contributed by atoms with E-state index in [9.17, 15) is 9.18 Å². The largest absolute Gasteiger partial charge is 0.494 e. The van der Waals surface area contributed by atoms with Gasteiger partial charge in [-0.05, 0) is 31.0 Å². The summed E-state index contributed by atoms with van der Waals surface area (Å²) in [6.07, 6.45) is 3.80. The van der Waals surface area contributed by atoms with Crippen LogP contribution in [0.4, 0.5) is 4.39 Å². The highest BCUT2D eigenvalue weighted by molar-refractivity contribution is 5.96. The molecule has 0 amide bonds. The first kappa shape index (κ1) is 12.4. The SMILES string of the molecule is C=CCCCC(=O)c1ccc(F)c(OC)c1. The van der Waals surface area contributed by atoms with Crippen molar-refractivity contribution in [1.29, 1.82) is 0 Å². The quantitative estimate of drug-likeness (QED) is 0.419. The molecule has 16 heavy (non-hydrogen) atoms. The first-order valence-electron chi connectivity index (χ1n) is 5.16. The van der Waals surface area contributed by atoms with Gasteiger partial charge in [-0.25, -0.2) is 4.39 Å². The van der Waals surface area contributed by atoms with Crippen molar-refractivity contribution in [1.82, 2.24) is 0 Å². The van der Waals surface area contributed by atoms with Crippen LogP contribution in [0.5, 0.6) is 5.75 Å². The van der Waals surface area contributed by atoms with E-state index < -0.39 is 5.82 Å². The topological polar surface area (TPSA) is 26.3 Å². The van der Waals surface area contributed by atoms with Crippen LogP contribution in [0, 0.1) is 5.82 Å². The predicted octanol–water partition coefficient (Wildman–Crippen LogP) is 3.37. The summed E-state index contributed by atoms with van der Waals surface area (Å²) in [7, 11) is 1.38. The number of hydrogen-bond donors (Lipinski definition) is 0. The van der Waals surface area contributed by atoms with Gasteiger partial charge in [0.15, 0.2) is 17.3 Å². The van der Waals surface area contributed by atoms with E-state index in [1.165, 1.54) is 25.3 Å². The zero-order valence-electron chi connectivity index (χ0n) is 9.33. The minimum absolute atomic E-state index is 0.000139. The summed E-state index contributed by atoms with van der Waals surface area (Å²) in [6, 6.07) is 4.17. The minimum atomic E-state index is -0.454. The molecule has 2 nitrogen and oxygen atoms in total. The van der Waals surface area contributed by atoms with E-state index in [0.29, 0.717) is 12.0 Å². The van der Waals surface area contributed by atoms with Crippen molar-refractivity contribution in [2.45, 2.75) is 19.3 Å². The molecule has 1 rings (SSSR count). The van der Waals surface area contributed by atoms with E-state index in [1.54, 1.807) is 6.08 Å². The second-order valence-corrected chi connectivity index (χ2v) is 3.45. The van der Waals surface area contributed by atoms with Crippen LogP contribution in [-0.4, -0.2) is 12.9 Å². The molecule has 0 saturated carbocycles. The van der Waals surface area contributed by atoms with Gasteiger partial charge in [0.1, 0.15) is 0 Å². The fraction of sp³-hybridized carbons (Fsp3) is 0.308. The van der Waals surface area contributed by atoms with Crippen molar-refractivity contribution in [3.8, 4) is 5.75 Å². The molecular weight excluding hydrogens is 207 g/mol. The Bertz CT molecular complexity index is 386. The van der Waals surface area contributed by atoms with E-state index in [1.807, 2.05) is 0 Å². The van der Waals surface area contributed by atoms with Crippen molar-refractivity contribution < 1.29 is 13.9 Å². The Morgan fingerprint density at radius 2 is 2.31 bits per heavy atom. The number of halogens is 1. The maximum Gasteiger partial charge on any atom is 0.165 e. The summed E-state index contributed by atoms with van der Waals surface area (Å²) in [4.78, 5) is 11.7. The molecule has 0 aromatic heterocycles. The van der Waals surface area contributed by atoms with Crippen LogP contribution in [-0.2, 0) is 0 Å². The number of hydrogen-bond acceptors (Lipinski definition) is 2. The molecule has 0 unspecified atom stereocenters. The molecule has 3 heteroatoms. The third-order valence-corrected chi connectivity index (χ3v) is 2.29. The molecule has 0 N–H and O–H groups in total. The van der Waals surface area contributed by atoms with Crippen molar-refractivity contribution in [3.63, 3.8) is 0 Å². The highest BCUT2D eigenvalue weighted by Gasteiger charge is 2.09. The van der Waals surface area contributed by atoms with Crippen LogP contribution in [0.2, 0.25) is 0 Å². The van der Waals surface area contributed by atoms with Crippen LogP contribution >= 0.6 is 0 Å². The molecule has 1 aromatic rings. The Morgan fingerprint density at radius 3 is 2.94 bits per heavy atom. The first-order chi connectivity index (χ1) is 7.69. The smallest absolute Gasteiger partial charge is 0.165 e. The number of unbranched alkanes of at least 4 members (excludes halogenated alkanes) is 1. The molecular formula is C13H15FO2. The molecule has 0 aliphatic heterocycles. The van der Waals surface area contributed by atoms with Crippen LogP contribution in [0.25, 0.3) is 0 Å². The van der Waals surface area contributed by atoms with Gasteiger partial charge >= 0.3 is 0 Å². The van der Waals surface area contributed by atoms with Gasteiger partial charge in [-0.15, -0.1) is 6.58 Å². The van der Waals surface area contributed by atoms with Crippen molar-refractivity contribution in [2.24, 2.45) is 0 Å². The fourth-order valence-corrected chi connectivity index (χ4v) is 1.38. The van der Waals surface area contributed by atoms with Crippen molar-refractivity contribution >= 4 is 5.78 Å². The Balaban J connectivity index is 2.72. The molecule has 0 saturated heterocycles. The van der Waals surface area contributed by atoms with Crippen molar-refractivity contribution in [3.05, 3.63) is 42.2 Å². The summed E-state index contributed by atoms with van der Waals surface area (Å²) in [5, 5.41) is 0. The Morgan fingerprint density at radius 1 is 1.56 bits per heavy atom. The Hall–Kier alpha value is -1.64. The van der Waals surface area contributed by atoms with Gasteiger partial charge in [0.25, 0.3) is 0 Å². The van der Waals surface area contributed by atoms with Gasteiger partial charge in [-0.1, -0.05) is 6.08 Å². The van der Waals surface area contributed by atoms with Crippen LogP contribution < -0.4 is 4.74 Å². The number of Topliss-reactive ketones (excluding diaryl/α,β-unsaturated/α-hetero) is 1. The van der Waals surface area contributed by atoms with Gasteiger partial charge in [0, 0.05) is 12.0 Å². The molecule has 0 fully saturated rings. The summed E-state index contributed by atoms with van der Waals surface area (Å²) in [5.74, 6) is -0.347. The normalized spacial score (nSPS) is 9.88. The number of allylic oxidation sites excluding steroid dienone is 1. The number of methoxy groups -OCH3 is 1. The van der Waals surface area contributed by atoms with Gasteiger partial charge < -0.3 is 4.74 Å². The van der Waals surface area contributed by atoms with Gasteiger partial charge in [0.05, 0.1) is 7.11 Å². The number of benzene rings is 1. The van der Waals surface area contributed by atoms with Gasteiger partial charge in [0.2, 0.25) is 0 Å². The maximum atomic E-state index is 13.1. The van der Waals surface area contributed by atoms with E-state index >= 15 is 0 Å². The third-order valence-electron chi connectivity index (χ3n) is 2.29. The number of ether oxygens (including phenoxy) is 1. The van der Waals surface area contributed by atoms with Crippen LogP contribution in [0.3, 0.4) is 0 Å². The van der Waals surface area contributed by atoms with Crippen molar-refractivity contribution in [2.75, 3.05) is 7.11 Å². The van der Waals surface area contributed by atoms with E-state index in [4.69, 9.17) is 4.74 Å². The molecule has 1 aromatic carbocycles. The number of carbonyl (C=O) groups is 1. The molecule has 0 bridgehead atoms. The monoisotopic (exact) mass is 222 g/mol. The number of ketones is 1. The average molecular weight is 222 g/mol. The Labute approximate surface area is 94.7 Å². The maximum absolute atomic E-state index is 13.1. The molecule has 0 heterocycles. The van der Waals surface area contributed by atoms with E-state index in [-0.39, 0.29) is 11.5 Å². The molecule has 0 radical (unpaired) electrons. The highest BCUT2D eigenvalue weighted by atomic mass is 19.1. The lowest BCUT2D eigenvalue weighted by molar-refractivity contribution is 0.0980. The second kappa shape index (κ2) is 6.05. The average Bonchev–Trinajstić information content (AvgIpc) is 2.30. The predicted molar refractivity (Wildman–Crippen MR) is 61.3 cm³/mol. The zero-order valence-corrected chi connectivity index (χ0v) is 9.33. The molecule has 86 valence electrons. The highest BCUT2D eigenvalue weighted by Crippen LogP contribution is 2.19. The summed E-state index contributed by atoms with van der Waals surface area (Å²) in [5.41, 5.74) is 0.488. The minimum Gasteiger partial charge on any atom is -0.494 e. The second-order valence-electron chi connectivity index (χ2n) is 3.45. The lowest BCUT2D eigenvalue weighted by Crippen LogP contribution is -2.00. The van der Waals surface area contributed by atoms with E-state index in [2.05, 4.69) is 6.58 Å². The first-order valence-corrected chi connectivity index (χ1v) is 5.16. The van der Waals surface area contributed by atoms with E-state index in [0.717, 1.165) is 12.8 Å². The lowest BCUT2D eigenvalue weighted by atomic mass is 10.1. The molecule has 0 aliphatic carbocycles. The standard InChI is InChI=1S/C13H15FO2/c1-3-4-5-6-12(15)10-7-8-11(14)13(9-10)16-2/h3,7-9H,1,4-6H2,2H3. The van der Waals surface area contributed by atoms with Crippen LogP contribution in [0.15, 0.2) is 30.9 Å². The Kier molecular flexibility index (Phi) is 4.70. The summed E-state index contributed by atoms with van der Waals surface area (Å²) >= 11 is 0. The zero-order chi connectivity index (χ0) is 12.0. The molecule has 0 atom stereocenters.